The lowest BCUT2D eigenvalue weighted by molar-refractivity contribution is -0.121. The highest BCUT2D eigenvalue weighted by atomic mass is 16.5. The molecule has 31 heavy (non-hydrogen) atoms. The molecule has 1 unspecified atom stereocenters. The molecule has 0 aliphatic carbocycles. The van der Waals surface area contributed by atoms with Crippen LogP contribution in [-0.2, 0) is 18.3 Å². The molecule has 4 aromatic rings. The first-order valence-electron chi connectivity index (χ1n) is 10.0. The van der Waals surface area contributed by atoms with Gasteiger partial charge in [-0.05, 0) is 34.0 Å². The Balaban J connectivity index is 1.67. The topological polar surface area (TPSA) is 65.4 Å². The van der Waals surface area contributed by atoms with E-state index in [0.29, 0.717) is 11.5 Å². The summed E-state index contributed by atoms with van der Waals surface area (Å²) in [6, 6.07) is 19.2. The first-order valence-corrected chi connectivity index (χ1v) is 10.0. The van der Waals surface area contributed by atoms with Gasteiger partial charge < -0.3 is 19.4 Å². The summed E-state index contributed by atoms with van der Waals surface area (Å²) < 4.78 is 12.7. The number of methoxy groups -OCH3 is 2. The highest BCUT2D eigenvalue weighted by molar-refractivity contribution is 5.90. The van der Waals surface area contributed by atoms with Crippen LogP contribution in [0.2, 0.25) is 0 Å². The van der Waals surface area contributed by atoms with E-state index in [4.69, 9.17) is 9.47 Å². The van der Waals surface area contributed by atoms with Crippen molar-refractivity contribution in [2.45, 2.75) is 12.5 Å². The Hall–Kier alpha value is -3.80. The number of aryl methyl sites for hydroxylation is 1. The summed E-state index contributed by atoms with van der Waals surface area (Å²) in [5.41, 5.74) is 1.81. The van der Waals surface area contributed by atoms with E-state index in [-0.39, 0.29) is 12.3 Å². The van der Waals surface area contributed by atoms with Crippen molar-refractivity contribution < 1.29 is 14.3 Å². The summed E-state index contributed by atoms with van der Waals surface area (Å²) in [4.78, 5) is 17.6. The van der Waals surface area contributed by atoms with Crippen LogP contribution in [0, 0.1) is 0 Å². The zero-order chi connectivity index (χ0) is 21.8. The fourth-order valence-corrected chi connectivity index (χ4v) is 3.78. The quantitative estimate of drug-likeness (QED) is 0.495. The molecule has 6 heteroatoms. The highest BCUT2D eigenvalue weighted by Crippen LogP contribution is 2.29. The minimum Gasteiger partial charge on any atom is -0.497 e. The molecule has 1 amide bonds. The number of hydrogen-bond donors (Lipinski definition) is 1. The average Bonchev–Trinajstić information content (AvgIpc) is 3.22. The van der Waals surface area contributed by atoms with Crippen LogP contribution in [0.4, 0.5) is 0 Å². The number of fused-ring (bicyclic) bond motifs is 1. The Bertz CT molecular complexity index is 1190. The van der Waals surface area contributed by atoms with E-state index in [1.165, 1.54) is 0 Å². The zero-order valence-corrected chi connectivity index (χ0v) is 17.8. The van der Waals surface area contributed by atoms with Gasteiger partial charge in [-0.15, -0.1) is 0 Å². The number of carbonyl (C=O) groups excluding carboxylic acids is 1. The molecular formula is C25H25N3O3. The molecule has 0 saturated carbocycles. The maximum atomic E-state index is 13.1. The van der Waals surface area contributed by atoms with Crippen LogP contribution in [-0.4, -0.2) is 29.7 Å². The molecule has 0 spiro atoms. The van der Waals surface area contributed by atoms with E-state index in [1.54, 1.807) is 26.5 Å². The van der Waals surface area contributed by atoms with Gasteiger partial charge in [-0.1, -0.05) is 42.5 Å². The number of hydrogen-bond acceptors (Lipinski definition) is 4. The van der Waals surface area contributed by atoms with Gasteiger partial charge >= 0.3 is 0 Å². The van der Waals surface area contributed by atoms with Crippen LogP contribution in [0.5, 0.6) is 11.5 Å². The van der Waals surface area contributed by atoms with E-state index in [1.807, 2.05) is 60.3 Å². The lowest BCUT2D eigenvalue weighted by Gasteiger charge is -2.21. The van der Waals surface area contributed by atoms with Crippen LogP contribution in [0.3, 0.4) is 0 Å². The Kier molecular flexibility index (Phi) is 5.89. The summed E-state index contributed by atoms with van der Waals surface area (Å²) in [5, 5.41) is 5.36. The van der Waals surface area contributed by atoms with E-state index in [9.17, 15) is 4.79 Å². The van der Waals surface area contributed by atoms with Crippen molar-refractivity contribution in [3.05, 3.63) is 90.0 Å². The third-order valence-corrected chi connectivity index (χ3v) is 5.36. The van der Waals surface area contributed by atoms with Gasteiger partial charge in [0.15, 0.2) is 0 Å². The molecule has 0 saturated heterocycles. The van der Waals surface area contributed by atoms with Crippen molar-refractivity contribution in [1.82, 2.24) is 14.9 Å². The molecule has 1 atom stereocenters. The third-order valence-electron chi connectivity index (χ3n) is 5.36. The number of aromatic nitrogens is 2. The van der Waals surface area contributed by atoms with Crippen LogP contribution < -0.4 is 14.8 Å². The molecule has 3 aromatic carbocycles. The van der Waals surface area contributed by atoms with Gasteiger partial charge in [-0.25, -0.2) is 4.98 Å². The average molecular weight is 415 g/mol. The second-order valence-electron chi connectivity index (χ2n) is 7.36. The van der Waals surface area contributed by atoms with Gasteiger partial charge in [-0.2, -0.15) is 0 Å². The summed E-state index contributed by atoms with van der Waals surface area (Å²) in [6.07, 6.45) is 3.84. The molecule has 4 rings (SSSR count). The van der Waals surface area contributed by atoms with E-state index < -0.39 is 6.04 Å². The summed E-state index contributed by atoms with van der Waals surface area (Å²) in [7, 11) is 5.12. The van der Waals surface area contributed by atoms with Crippen LogP contribution >= 0.6 is 0 Å². The Morgan fingerprint density at radius 2 is 1.74 bits per heavy atom. The lowest BCUT2D eigenvalue weighted by atomic mass is 10.0. The van der Waals surface area contributed by atoms with E-state index in [0.717, 1.165) is 27.7 Å². The van der Waals surface area contributed by atoms with Gasteiger partial charge in [-0.3, -0.25) is 4.79 Å². The summed E-state index contributed by atoms with van der Waals surface area (Å²) >= 11 is 0. The van der Waals surface area contributed by atoms with Crippen molar-refractivity contribution in [3.8, 4) is 11.5 Å². The molecule has 1 N–H and O–H groups in total. The predicted molar refractivity (Wildman–Crippen MR) is 120 cm³/mol. The second kappa shape index (κ2) is 8.92. The van der Waals surface area contributed by atoms with Gasteiger partial charge in [0.05, 0.1) is 20.6 Å². The Morgan fingerprint density at radius 3 is 2.42 bits per heavy atom. The van der Waals surface area contributed by atoms with Crippen molar-refractivity contribution in [2.24, 2.45) is 7.05 Å². The van der Waals surface area contributed by atoms with Crippen molar-refractivity contribution in [1.29, 1.82) is 0 Å². The molecule has 158 valence electrons. The first-order chi connectivity index (χ1) is 15.1. The largest absolute Gasteiger partial charge is 0.497 e. The van der Waals surface area contributed by atoms with E-state index in [2.05, 4.69) is 22.4 Å². The van der Waals surface area contributed by atoms with Crippen molar-refractivity contribution in [3.63, 3.8) is 0 Å². The minimum atomic E-state index is -0.452. The monoisotopic (exact) mass is 415 g/mol. The minimum absolute atomic E-state index is 0.0915. The summed E-state index contributed by atoms with van der Waals surface area (Å²) in [5.74, 6) is 1.93. The van der Waals surface area contributed by atoms with Crippen LogP contribution in [0.25, 0.3) is 10.8 Å². The molecule has 1 heterocycles. The number of carbonyl (C=O) groups is 1. The van der Waals surface area contributed by atoms with Crippen LogP contribution in [0.15, 0.2) is 73.1 Å². The lowest BCUT2D eigenvalue weighted by Crippen LogP contribution is -2.32. The summed E-state index contributed by atoms with van der Waals surface area (Å²) in [6.45, 7) is 0. The molecule has 0 fully saturated rings. The first kappa shape index (κ1) is 20.5. The van der Waals surface area contributed by atoms with Gasteiger partial charge in [0.1, 0.15) is 23.4 Å². The molecule has 0 radical (unpaired) electrons. The molecule has 0 bridgehead atoms. The molecule has 1 aromatic heterocycles. The molecule has 6 nitrogen and oxygen atoms in total. The maximum absolute atomic E-state index is 13.1. The van der Waals surface area contributed by atoms with Gasteiger partial charge in [0, 0.05) is 25.5 Å². The fraction of sp³-hybridized carbons (Fsp3) is 0.200. The SMILES string of the molecule is COc1cc(OC)cc(C(NC(=O)Cc2cccc3ccccc23)c2nccn2C)c1. The number of nitrogens with one attached hydrogen (secondary N) is 1. The number of nitrogens with zero attached hydrogens (tertiary/aromatic N) is 2. The van der Waals surface area contributed by atoms with Gasteiger partial charge in [0.25, 0.3) is 0 Å². The Morgan fingerprint density at radius 1 is 1.03 bits per heavy atom. The standard InChI is InChI=1S/C25H25N3O3/c1-28-12-11-26-25(28)24(19-13-20(30-2)16-21(14-19)31-3)27-23(29)15-18-9-6-8-17-7-4-5-10-22(17)18/h4-14,16,24H,15H2,1-3H3,(H,27,29). The Labute approximate surface area is 181 Å². The van der Waals surface area contributed by atoms with Crippen molar-refractivity contribution >= 4 is 16.7 Å². The fourth-order valence-electron chi connectivity index (χ4n) is 3.78. The molecule has 0 aliphatic rings. The number of amides is 1. The number of ether oxygens (including phenoxy) is 2. The smallest absolute Gasteiger partial charge is 0.225 e. The van der Waals surface area contributed by atoms with E-state index >= 15 is 0 Å². The highest BCUT2D eigenvalue weighted by Gasteiger charge is 2.22. The van der Waals surface area contributed by atoms with Crippen molar-refractivity contribution in [2.75, 3.05) is 14.2 Å². The van der Waals surface area contributed by atoms with Crippen LogP contribution in [0.1, 0.15) is 23.0 Å². The van der Waals surface area contributed by atoms with Gasteiger partial charge in [0.2, 0.25) is 5.91 Å². The number of rotatable bonds is 7. The number of imidazole rings is 1. The third kappa shape index (κ3) is 4.38. The predicted octanol–water partition coefficient (Wildman–Crippen LogP) is 4.04. The number of benzene rings is 3. The zero-order valence-electron chi connectivity index (χ0n) is 17.8. The molecular weight excluding hydrogens is 390 g/mol. The maximum Gasteiger partial charge on any atom is 0.225 e. The second-order valence-corrected chi connectivity index (χ2v) is 7.36. The molecule has 0 aliphatic heterocycles. The normalized spacial score (nSPS) is 11.8.